The van der Waals surface area contributed by atoms with E-state index in [1.165, 1.54) is 0 Å². The molecule has 0 aromatic rings. The number of carbonyl (C=O) groups is 1. The van der Waals surface area contributed by atoms with E-state index in [1.54, 1.807) is 12.2 Å². The standard InChI is InChI=1S/C8H12N2O/c1-3-4-5-6-7(2)10-8(9)11/h3-6H,2H2,1H3,(H3,9,10,11)/b4-3-,6-5-. The van der Waals surface area contributed by atoms with Gasteiger partial charge in [0.15, 0.2) is 0 Å². The maximum absolute atomic E-state index is 10.2. The van der Waals surface area contributed by atoms with Crippen LogP contribution < -0.4 is 11.1 Å². The van der Waals surface area contributed by atoms with Crippen molar-refractivity contribution in [2.75, 3.05) is 0 Å². The Kier molecular flexibility index (Phi) is 4.56. The third-order valence-electron chi connectivity index (χ3n) is 0.885. The number of urea groups is 1. The molecule has 0 aromatic heterocycles. The first-order valence-corrected chi connectivity index (χ1v) is 3.21. The molecule has 0 aliphatic carbocycles. The zero-order chi connectivity index (χ0) is 8.69. The van der Waals surface area contributed by atoms with E-state index in [-0.39, 0.29) is 0 Å². The number of carbonyl (C=O) groups excluding carboxylic acids is 1. The Morgan fingerprint density at radius 2 is 2.18 bits per heavy atom. The van der Waals surface area contributed by atoms with Crippen LogP contribution in [-0.4, -0.2) is 6.03 Å². The summed E-state index contributed by atoms with van der Waals surface area (Å²) in [6, 6.07) is -0.597. The average Bonchev–Trinajstić information content (AvgIpc) is 1.86. The van der Waals surface area contributed by atoms with Crippen LogP contribution in [-0.2, 0) is 0 Å². The van der Waals surface area contributed by atoms with E-state index in [9.17, 15) is 4.79 Å². The maximum atomic E-state index is 10.2. The van der Waals surface area contributed by atoms with Gasteiger partial charge in [-0.25, -0.2) is 4.79 Å². The third-order valence-corrected chi connectivity index (χ3v) is 0.885. The molecular weight excluding hydrogens is 140 g/mol. The second-order valence-corrected chi connectivity index (χ2v) is 1.90. The number of primary amides is 1. The van der Waals surface area contributed by atoms with E-state index in [0.29, 0.717) is 5.70 Å². The van der Waals surface area contributed by atoms with Crippen LogP contribution in [0.4, 0.5) is 4.79 Å². The highest BCUT2D eigenvalue weighted by Gasteiger charge is 1.89. The van der Waals surface area contributed by atoms with E-state index >= 15 is 0 Å². The molecule has 0 aliphatic rings. The van der Waals surface area contributed by atoms with E-state index in [0.717, 1.165) is 0 Å². The molecule has 0 aliphatic heterocycles. The van der Waals surface area contributed by atoms with Gasteiger partial charge in [0.2, 0.25) is 0 Å². The second-order valence-electron chi connectivity index (χ2n) is 1.90. The van der Waals surface area contributed by atoms with Gasteiger partial charge < -0.3 is 11.1 Å². The average molecular weight is 152 g/mol. The summed E-state index contributed by atoms with van der Waals surface area (Å²) < 4.78 is 0. The van der Waals surface area contributed by atoms with Crippen molar-refractivity contribution in [3.63, 3.8) is 0 Å². The summed E-state index contributed by atoms with van der Waals surface area (Å²) in [4.78, 5) is 10.2. The summed E-state index contributed by atoms with van der Waals surface area (Å²) in [5.41, 5.74) is 5.32. The quantitative estimate of drug-likeness (QED) is 0.588. The third kappa shape index (κ3) is 6.37. The van der Waals surface area contributed by atoms with Gasteiger partial charge in [-0.05, 0) is 13.0 Å². The molecule has 0 saturated heterocycles. The highest BCUT2D eigenvalue weighted by molar-refractivity contribution is 5.74. The van der Waals surface area contributed by atoms with Crippen LogP contribution in [0.5, 0.6) is 0 Å². The van der Waals surface area contributed by atoms with Crippen molar-refractivity contribution >= 4 is 6.03 Å². The predicted molar refractivity (Wildman–Crippen MR) is 45.8 cm³/mol. The number of rotatable bonds is 3. The van der Waals surface area contributed by atoms with Gasteiger partial charge in [-0.15, -0.1) is 0 Å². The van der Waals surface area contributed by atoms with Gasteiger partial charge in [0.25, 0.3) is 0 Å². The summed E-state index contributed by atoms with van der Waals surface area (Å²) in [5.74, 6) is 0. The smallest absolute Gasteiger partial charge is 0.316 e. The molecule has 3 N–H and O–H groups in total. The molecule has 0 atom stereocenters. The Morgan fingerprint density at radius 3 is 2.64 bits per heavy atom. The summed E-state index contributed by atoms with van der Waals surface area (Å²) >= 11 is 0. The van der Waals surface area contributed by atoms with Crippen LogP contribution >= 0.6 is 0 Å². The number of amides is 2. The number of hydrogen-bond donors (Lipinski definition) is 2. The minimum Gasteiger partial charge on any atom is -0.351 e. The molecule has 0 fully saturated rings. The van der Waals surface area contributed by atoms with Gasteiger partial charge in [0.05, 0.1) is 0 Å². The lowest BCUT2D eigenvalue weighted by Gasteiger charge is -1.96. The second kappa shape index (κ2) is 5.29. The fraction of sp³-hybridized carbons (Fsp3) is 0.125. The Hall–Kier alpha value is -1.51. The van der Waals surface area contributed by atoms with Crippen molar-refractivity contribution in [2.24, 2.45) is 5.73 Å². The summed E-state index contributed by atoms with van der Waals surface area (Å²) in [7, 11) is 0. The Bertz CT molecular complexity index is 204. The summed E-state index contributed by atoms with van der Waals surface area (Å²) in [6.45, 7) is 5.43. The Morgan fingerprint density at radius 1 is 1.55 bits per heavy atom. The summed E-state index contributed by atoms with van der Waals surface area (Å²) in [5, 5.41) is 2.33. The van der Waals surface area contributed by atoms with E-state index in [1.807, 2.05) is 19.1 Å². The molecule has 60 valence electrons. The van der Waals surface area contributed by atoms with E-state index in [4.69, 9.17) is 5.73 Å². The first-order chi connectivity index (χ1) is 5.16. The predicted octanol–water partition coefficient (Wildman–Crippen LogP) is 1.30. The van der Waals surface area contributed by atoms with Crippen LogP contribution in [0.25, 0.3) is 0 Å². The van der Waals surface area contributed by atoms with Crippen LogP contribution in [0.2, 0.25) is 0 Å². The lowest BCUT2D eigenvalue weighted by molar-refractivity contribution is 0.251. The molecule has 0 radical (unpaired) electrons. The van der Waals surface area contributed by atoms with Crippen LogP contribution in [0.15, 0.2) is 36.6 Å². The molecule has 0 saturated carbocycles. The van der Waals surface area contributed by atoms with Crippen molar-refractivity contribution < 1.29 is 4.79 Å². The molecule has 0 aromatic carbocycles. The van der Waals surface area contributed by atoms with Gasteiger partial charge in [-0.2, -0.15) is 0 Å². The Labute approximate surface area is 66.3 Å². The SMILES string of the molecule is C=C(/C=C\C=C/C)NC(N)=O. The molecule has 0 heterocycles. The minimum atomic E-state index is -0.597. The summed E-state index contributed by atoms with van der Waals surface area (Å²) in [6.07, 6.45) is 7.12. The van der Waals surface area contributed by atoms with Gasteiger partial charge in [-0.1, -0.05) is 24.8 Å². The molecular formula is C8H12N2O. The first kappa shape index (κ1) is 9.49. The zero-order valence-corrected chi connectivity index (χ0v) is 6.50. The highest BCUT2D eigenvalue weighted by Crippen LogP contribution is 1.86. The van der Waals surface area contributed by atoms with Gasteiger partial charge in [-0.3, -0.25) is 0 Å². The minimum absolute atomic E-state index is 0.482. The van der Waals surface area contributed by atoms with Crippen LogP contribution in [0, 0.1) is 0 Å². The first-order valence-electron chi connectivity index (χ1n) is 3.21. The molecule has 0 unspecified atom stereocenters. The maximum Gasteiger partial charge on any atom is 0.316 e. The molecule has 0 rings (SSSR count). The van der Waals surface area contributed by atoms with Crippen molar-refractivity contribution in [2.45, 2.75) is 6.92 Å². The fourth-order valence-corrected chi connectivity index (χ4v) is 0.483. The van der Waals surface area contributed by atoms with Gasteiger partial charge >= 0.3 is 6.03 Å². The van der Waals surface area contributed by atoms with Crippen LogP contribution in [0.3, 0.4) is 0 Å². The number of allylic oxidation sites excluding steroid dienone is 4. The van der Waals surface area contributed by atoms with Gasteiger partial charge in [0, 0.05) is 5.70 Å². The van der Waals surface area contributed by atoms with Crippen molar-refractivity contribution in [1.29, 1.82) is 0 Å². The molecule has 2 amide bonds. The largest absolute Gasteiger partial charge is 0.351 e. The molecule has 0 bridgehead atoms. The molecule has 0 spiro atoms. The van der Waals surface area contributed by atoms with E-state index < -0.39 is 6.03 Å². The Balaban J connectivity index is 3.78. The van der Waals surface area contributed by atoms with Crippen molar-refractivity contribution in [3.8, 4) is 0 Å². The van der Waals surface area contributed by atoms with Crippen LogP contribution in [0.1, 0.15) is 6.92 Å². The fourth-order valence-electron chi connectivity index (χ4n) is 0.483. The van der Waals surface area contributed by atoms with Crippen molar-refractivity contribution in [3.05, 3.63) is 36.6 Å². The number of hydrogen-bond acceptors (Lipinski definition) is 1. The zero-order valence-electron chi connectivity index (χ0n) is 6.50. The van der Waals surface area contributed by atoms with Crippen molar-refractivity contribution in [1.82, 2.24) is 5.32 Å². The highest BCUT2D eigenvalue weighted by atomic mass is 16.2. The monoisotopic (exact) mass is 152 g/mol. The topological polar surface area (TPSA) is 55.1 Å². The lowest BCUT2D eigenvalue weighted by atomic mass is 10.4. The molecule has 11 heavy (non-hydrogen) atoms. The molecule has 3 heteroatoms. The number of nitrogens with two attached hydrogens (primary N) is 1. The molecule has 3 nitrogen and oxygen atoms in total. The van der Waals surface area contributed by atoms with Gasteiger partial charge in [0.1, 0.15) is 0 Å². The van der Waals surface area contributed by atoms with E-state index in [2.05, 4.69) is 11.9 Å². The lowest BCUT2D eigenvalue weighted by Crippen LogP contribution is -2.27. The number of nitrogens with one attached hydrogen (secondary N) is 1. The normalized spacial score (nSPS) is 10.6.